The second-order valence-corrected chi connectivity index (χ2v) is 6.33. The Morgan fingerprint density at radius 1 is 1.32 bits per heavy atom. The molecule has 3 aromatic rings. The molecule has 1 aromatic carbocycles. The van der Waals surface area contributed by atoms with Crippen molar-refractivity contribution in [1.29, 1.82) is 0 Å². The lowest BCUT2D eigenvalue weighted by atomic mass is 9.98. The fourth-order valence-corrected chi connectivity index (χ4v) is 2.97. The first kappa shape index (κ1) is 19.2. The Labute approximate surface area is 162 Å². The summed E-state index contributed by atoms with van der Waals surface area (Å²) in [6.07, 6.45) is 1.71. The van der Waals surface area contributed by atoms with E-state index in [-0.39, 0.29) is 18.4 Å². The van der Waals surface area contributed by atoms with Crippen LogP contribution in [0.5, 0.6) is 0 Å². The van der Waals surface area contributed by atoms with Crippen molar-refractivity contribution in [3.05, 3.63) is 58.8 Å². The third-order valence-corrected chi connectivity index (χ3v) is 4.32. The van der Waals surface area contributed by atoms with Crippen molar-refractivity contribution in [3.8, 4) is 11.5 Å². The number of carbonyl (C=O) groups is 2. The average molecular weight is 379 g/mol. The van der Waals surface area contributed by atoms with Crippen LogP contribution in [-0.4, -0.2) is 43.6 Å². The number of nitrogens with zero attached hydrogens (tertiary/aromatic N) is 4. The van der Waals surface area contributed by atoms with Crippen LogP contribution >= 0.6 is 0 Å². The molecule has 0 spiro atoms. The van der Waals surface area contributed by atoms with E-state index >= 15 is 0 Å². The molecule has 0 fully saturated rings. The molecule has 0 unspecified atom stereocenters. The maximum Gasteiger partial charge on any atom is 0.302 e. The van der Waals surface area contributed by atoms with Crippen molar-refractivity contribution in [2.24, 2.45) is 0 Å². The van der Waals surface area contributed by atoms with Crippen molar-refractivity contribution in [2.75, 3.05) is 6.61 Å². The van der Waals surface area contributed by atoms with Gasteiger partial charge in [0.1, 0.15) is 6.61 Å². The van der Waals surface area contributed by atoms with E-state index in [1.807, 2.05) is 32.0 Å². The topological polar surface area (TPSA) is 103 Å². The number of H-pyrrole nitrogens is 1. The van der Waals surface area contributed by atoms with Gasteiger partial charge in [0.05, 0.1) is 12.2 Å². The van der Waals surface area contributed by atoms with Gasteiger partial charge in [-0.3, -0.25) is 9.59 Å². The predicted octanol–water partition coefficient (Wildman–Crippen LogP) is 2.72. The van der Waals surface area contributed by atoms with Gasteiger partial charge in [-0.2, -0.15) is 4.80 Å². The van der Waals surface area contributed by atoms with Gasteiger partial charge in [0.2, 0.25) is 5.82 Å². The highest BCUT2D eigenvalue weighted by Crippen LogP contribution is 2.27. The van der Waals surface area contributed by atoms with Crippen molar-refractivity contribution in [2.45, 2.75) is 27.3 Å². The maximum atomic E-state index is 13.0. The minimum absolute atomic E-state index is 0.0801. The summed E-state index contributed by atoms with van der Waals surface area (Å²) in [5.74, 6) is -0.0642. The van der Waals surface area contributed by atoms with Gasteiger partial charge in [0.25, 0.3) is 0 Å². The molecule has 8 nitrogen and oxygen atoms in total. The Balaban J connectivity index is 1.88. The number of rotatable bonds is 7. The first-order valence-corrected chi connectivity index (χ1v) is 8.78. The van der Waals surface area contributed by atoms with Gasteiger partial charge >= 0.3 is 5.97 Å². The first-order chi connectivity index (χ1) is 13.4. The van der Waals surface area contributed by atoms with Crippen LogP contribution in [0.2, 0.25) is 0 Å². The van der Waals surface area contributed by atoms with Gasteiger partial charge in [-0.15, -0.1) is 10.2 Å². The lowest BCUT2D eigenvalue weighted by molar-refractivity contribution is -0.141. The molecule has 0 aliphatic heterocycles. The number of ether oxygens (including phenoxy) is 1. The molecule has 8 heteroatoms. The summed E-state index contributed by atoms with van der Waals surface area (Å²) in [7, 11) is 0. The molecule has 28 heavy (non-hydrogen) atoms. The van der Waals surface area contributed by atoms with Gasteiger partial charge in [0, 0.05) is 23.7 Å². The molecule has 3 rings (SSSR count). The van der Waals surface area contributed by atoms with Gasteiger partial charge in [0.15, 0.2) is 5.78 Å². The highest BCUT2D eigenvalue weighted by molar-refractivity contribution is 6.11. The van der Waals surface area contributed by atoms with Crippen LogP contribution < -0.4 is 0 Å². The molecular weight excluding hydrogens is 358 g/mol. The molecule has 0 atom stereocenters. The number of aromatic nitrogens is 5. The number of esters is 1. The number of hydrogen-bond donors (Lipinski definition) is 1. The van der Waals surface area contributed by atoms with Crippen molar-refractivity contribution >= 4 is 17.8 Å². The van der Waals surface area contributed by atoms with E-state index in [1.165, 1.54) is 11.7 Å². The van der Waals surface area contributed by atoms with Crippen molar-refractivity contribution in [1.82, 2.24) is 25.2 Å². The van der Waals surface area contributed by atoms with Gasteiger partial charge in [-0.1, -0.05) is 30.9 Å². The maximum absolute atomic E-state index is 13.0. The van der Waals surface area contributed by atoms with Crippen LogP contribution in [0.3, 0.4) is 0 Å². The molecule has 1 N–H and O–H groups in total. The van der Waals surface area contributed by atoms with E-state index in [0.717, 1.165) is 16.8 Å². The number of aryl methyl sites for hydroxylation is 1. The van der Waals surface area contributed by atoms with Crippen LogP contribution in [0.15, 0.2) is 30.8 Å². The Morgan fingerprint density at radius 2 is 2.11 bits per heavy atom. The summed E-state index contributed by atoms with van der Waals surface area (Å²) < 4.78 is 4.88. The summed E-state index contributed by atoms with van der Waals surface area (Å²) in [5, 5.41) is 12.3. The van der Waals surface area contributed by atoms with E-state index in [2.05, 4.69) is 27.0 Å². The Hall–Kier alpha value is -3.55. The fraction of sp³-hybridized carbons (Fsp3) is 0.250. The second kappa shape index (κ2) is 7.99. The zero-order valence-corrected chi connectivity index (χ0v) is 16.0. The quantitative estimate of drug-likeness (QED) is 0.500. The largest absolute Gasteiger partial charge is 0.464 e. The molecule has 0 amide bonds. The molecule has 0 radical (unpaired) electrons. The zero-order chi connectivity index (χ0) is 20.3. The Kier molecular flexibility index (Phi) is 5.49. The summed E-state index contributed by atoms with van der Waals surface area (Å²) in [6.45, 7) is 9.24. The minimum Gasteiger partial charge on any atom is -0.464 e. The van der Waals surface area contributed by atoms with Crippen molar-refractivity contribution in [3.63, 3.8) is 0 Å². The monoisotopic (exact) mass is 379 g/mol. The van der Waals surface area contributed by atoms with Gasteiger partial charge in [-0.25, -0.2) is 0 Å². The van der Waals surface area contributed by atoms with Crippen molar-refractivity contribution < 1.29 is 14.3 Å². The fourth-order valence-electron chi connectivity index (χ4n) is 2.97. The lowest BCUT2D eigenvalue weighted by Crippen LogP contribution is -2.11. The average Bonchev–Trinajstić information content (AvgIpc) is 3.25. The van der Waals surface area contributed by atoms with E-state index < -0.39 is 0 Å². The smallest absolute Gasteiger partial charge is 0.302 e. The summed E-state index contributed by atoms with van der Waals surface area (Å²) in [4.78, 5) is 28.4. The van der Waals surface area contributed by atoms with Crippen LogP contribution in [0, 0.1) is 13.8 Å². The number of aromatic amines is 1. The highest BCUT2D eigenvalue weighted by Gasteiger charge is 2.22. The standard InChI is InChI=1S/C20H21N5O3/c1-5-15-7-6-8-16(11-15)19(27)17-12(2)18(21-13(17)3)20-22-24-25(23-20)9-10-28-14(4)26/h5-8,11,21H,1,9-10H2,2-4H3. The molecule has 0 saturated carbocycles. The molecule has 0 saturated heterocycles. The first-order valence-electron chi connectivity index (χ1n) is 8.78. The van der Waals surface area contributed by atoms with E-state index in [4.69, 9.17) is 4.74 Å². The van der Waals surface area contributed by atoms with Crippen LogP contribution in [0.4, 0.5) is 0 Å². The van der Waals surface area contributed by atoms with Crippen LogP contribution in [-0.2, 0) is 16.1 Å². The molecule has 2 aromatic heterocycles. The number of ketones is 1. The molecule has 0 bridgehead atoms. The number of carbonyl (C=O) groups excluding carboxylic acids is 2. The third-order valence-electron chi connectivity index (χ3n) is 4.32. The van der Waals surface area contributed by atoms with Crippen LogP contribution in [0.1, 0.15) is 39.7 Å². The zero-order valence-electron chi connectivity index (χ0n) is 16.0. The van der Waals surface area contributed by atoms with Gasteiger partial charge < -0.3 is 9.72 Å². The SMILES string of the molecule is C=Cc1cccc(C(=O)c2c(C)[nH]c(-c3nnn(CCOC(C)=O)n3)c2C)c1. The lowest BCUT2D eigenvalue weighted by Gasteiger charge is -2.04. The number of hydrogen-bond acceptors (Lipinski definition) is 6. The minimum atomic E-state index is -0.361. The van der Waals surface area contributed by atoms with E-state index in [0.29, 0.717) is 29.2 Å². The Bertz CT molecular complexity index is 1050. The number of tetrazole rings is 1. The second-order valence-electron chi connectivity index (χ2n) is 6.33. The number of benzene rings is 1. The Morgan fingerprint density at radius 3 is 2.82 bits per heavy atom. The normalized spacial score (nSPS) is 10.7. The third kappa shape index (κ3) is 3.90. The number of nitrogens with one attached hydrogen (secondary N) is 1. The molecular formula is C20H21N5O3. The summed E-state index contributed by atoms with van der Waals surface area (Å²) >= 11 is 0. The predicted molar refractivity (Wildman–Crippen MR) is 104 cm³/mol. The van der Waals surface area contributed by atoms with E-state index in [9.17, 15) is 9.59 Å². The van der Waals surface area contributed by atoms with Crippen LogP contribution in [0.25, 0.3) is 17.6 Å². The summed E-state index contributed by atoms with van der Waals surface area (Å²) in [6, 6.07) is 7.32. The van der Waals surface area contributed by atoms with Gasteiger partial charge in [-0.05, 0) is 36.3 Å². The summed E-state index contributed by atoms with van der Waals surface area (Å²) in [5.41, 5.74) is 4.19. The van der Waals surface area contributed by atoms with E-state index in [1.54, 1.807) is 12.1 Å². The highest BCUT2D eigenvalue weighted by atomic mass is 16.5. The molecule has 2 heterocycles. The molecule has 0 aliphatic carbocycles. The molecule has 144 valence electrons. The molecule has 0 aliphatic rings.